The standard InChI is InChI=1S/C30H37Cl2N7O2/c1-6-26(40)38-13-12-37(16-21(38)15-33-3)28-22-14-20(2)39(27-23(31)8-7-9-24(27)32)17-25(22)34-29(35-28)41-19-30(10-11-30)18-36(4)5/h6-9,20-21H,1,10-19H2,2,4-5H3/t20?,21-/m0/s1. The van der Waals surface area contributed by atoms with Gasteiger partial charge in [0.1, 0.15) is 11.9 Å². The van der Waals surface area contributed by atoms with Crippen LogP contribution in [0.15, 0.2) is 30.9 Å². The molecule has 1 saturated carbocycles. The lowest BCUT2D eigenvalue weighted by Gasteiger charge is -2.42. The van der Waals surface area contributed by atoms with E-state index in [1.165, 1.54) is 6.08 Å². The summed E-state index contributed by atoms with van der Waals surface area (Å²) in [6.45, 7) is 17.1. The van der Waals surface area contributed by atoms with Crippen LogP contribution in [-0.2, 0) is 17.8 Å². The van der Waals surface area contributed by atoms with Gasteiger partial charge in [0.05, 0.1) is 34.6 Å². The highest BCUT2D eigenvalue weighted by Gasteiger charge is 2.44. The van der Waals surface area contributed by atoms with Gasteiger partial charge in [0.2, 0.25) is 12.5 Å². The van der Waals surface area contributed by atoms with Gasteiger partial charge >= 0.3 is 6.01 Å². The lowest BCUT2D eigenvalue weighted by atomic mass is 9.97. The van der Waals surface area contributed by atoms with Crippen LogP contribution in [0.5, 0.6) is 6.01 Å². The largest absolute Gasteiger partial charge is 0.463 e. The van der Waals surface area contributed by atoms with E-state index in [0.717, 1.165) is 42.1 Å². The van der Waals surface area contributed by atoms with E-state index in [1.54, 1.807) is 4.90 Å². The Morgan fingerprint density at radius 1 is 1.27 bits per heavy atom. The number of ether oxygens (including phenoxy) is 1. The lowest BCUT2D eigenvalue weighted by Crippen LogP contribution is -2.56. The zero-order valence-electron chi connectivity index (χ0n) is 23.9. The van der Waals surface area contributed by atoms with Gasteiger partial charge in [0, 0.05) is 43.2 Å². The average Bonchev–Trinajstić information content (AvgIpc) is 3.70. The predicted molar refractivity (Wildman–Crippen MR) is 163 cm³/mol. The van der Waals surface area contributed by atoms with Gasteiger partial charge in [-0.2, -0.15) is 9.97 Å². The topological polar surface area (TPSA) is 69.4 Å². The molecule has 41 heavy (non-hydrogen) atoms. The molecule has 9 nitrogen and oxygen atoms in total. The second kappa shape index (κ2) is 12.0. The summed E-state index contributed by atoms with van der Waals surface area (Å²) in [5.41, 5.74) is 2.87. The number of aromatic nitrogens is 2. The predicted octanol–water partition coefficient (Wildman–Crippen LogP) is 4.58. The van der Waals surface area contributed by atoms with E-state index >= 15 is 0 Å². The molecule has 2 aromatic rings. The van der Waals surface area contributed by atoms with Gasteiger partial charge in [-0.3, -0.25) is 4.79 Å². The fourth-order valence-electron chi connectivity index (χ4n) is 6.08. The second-order valence-corrected chi connectivity index (χ2v) is 12.5. The maximum atomic E-state index is 12.5. The van der Waals surface area contributed by atoms with Crippen LogP contribution in [0.2, 0.25) is 10.0 Å². The smallest absolute Gasteiger partial charge is 0.318 e. The second-order valence-electron chi connectivity index (χ2n) is 11.7. The average molecular weight is 599 g/mol. The number of carbonyl (C=O) groups is 1. The number of nitrogens with zero attached hydrogens (tertiary/aromatic N) is 7. The molecule has 0 spiro atoms. The highest BCUT2D eigenvalue weighted by Crippen LogP contribution is 2.46. The summed E-state index contributed by atoms with van der Waals surface area (Å²) in [5, 5.41) is 1.20. The number of rotatable bonds is 9. The van der Waals surface area contributed by atoms with E-state index in [2.05, 4.69) is 47.1 Å². The molecule has 2 atom stereocenters. The molecule has 1 saturated heterocycles. The molecule has 3 aliphatic rings. The Morgan fingerprint density at radius 2 is 2.00 bits per heavy atom. The van der Waals surface area contributed by atoms with Crippen molar-refractivity contribution in [1.82, 2.24) is 19.8 Å². The summed E-state index contributed by atoms with van der Waals surface area (Å²) in [6.07, 6.45) is 4.26. The molecule has 2 aliphatic heterocycles. The Labute approximate surface area is 252 Å². The molecule has 218 valence electrons. The van der Waals surface area contributed by atoms with Crippen LogP contribution in [0.4, 0.5) is 11.5 Å². The molecule has 0 radical (unpaired) electrons. The number of hydrogen-bond acceptors (Lipinski definition) is 7. The molecule has 1 aromatic heterocycles. The van der Waals surface area contributed by atoms with Crippen molar-refractivity contribution in [2.75, 3.05) is 63.2 Å². The third-order valence-corrected chi connectivity index (χ3v) is 8.90. The first-order valence-electron chi connectivity index (χ1n) is 14.0. The van der Waals surface area contributed by atoms with Gasteiger partial charge in [0.15, 0.2) is 0 Å². The third kappa shape index (κ3) is 6.25. The maximum absolute atomic E-state index is 12.5. The van der Waals surface area contributed by atoms with Gasteiger partial charge < -0.3 is 29.2 Å². The van der Waals surface area contributed by atoms with E-state index in [4.69, 9.17) is 44.5 Å². The number of amides is 1. The molecule has 5 rings (SSSR count). The monoisotopic (exact) mass is 597 g/mol. The lowest BCUT2D eigenvalue weighted by molar-refractivity contribution is -0.128. The molecule has 11 heteroatoms. The summed E-state index contributed by atoms with van der Waals surface area (Å²) >= 11 is 13.3. The SMILES string of the molecule is [C-]#[N+]C[C@H]1CN(c2nc(OCC3(CN(C)C)CC3)nc3c2CC(C)N(c2c(Cl)cccc2Cl)C3)CCN1C(=O)C=C. The van der Waals surface area contributed by atoms with Crippen molar-refractivity contribution in [2.45, 2.75) is 44.8 Å². The van der Waals surface area contributed by atoms with Crippen molar-refractivity contribution in [3.05, 3.63) is 63.6 Å². The molecule has 0 bridgehead atoms. The van der Waals surface area contributed by atoms with Gasteiger partial charge in [-0.1, -0.05) is 35.8 Å². The van der Waals surface area contributed by atoms with Crippen LogP contribution in [0.25, 0.3) is 4.85 Å². The first kappa shape index (κ1) is 29.4. The van der Waals surface area contributed by atoms with E-state index in [1.807, 2.05) is 18.2 Å². The van der Waals surface area contributed by atoms with Gasteiger partial charge in [-0.25, -0.2) is 6.57 Å². The highest BCUT2D eigenvalue weighted by molar-refractivity contribution is 6.39. The molecule has 1 unspecified atom stereocenters. The van der Waals surface area contributed by atoms with E-state index in [0.29, 0.717) is 55.3 Å². The fourth-order valence-corrected chi connectivity index (χ4v) is 6.69. The summed E-state index contributed by atoms with van der Waals surface area (Å²) < 4.78 is 6.33. The number of hydrogen-bond donors (Lipinski definition) is 0. The molecule has 1 amide bonds. The minimum atomic E-state index is -0.254. The molecule has 2 fully saturated rings. The molecule has 0 N–H and O–H groups in total. The molecule has 3 heterocycles. The molecular formula is C30H37Cl2N7O2. The van der Waals surface area contributed by atoms with Crippen LogP contribution in [0, 0.1) is 12.0 Å². The molecule has 1 aromatic carbocycles. The Morgan fingerprint density at radius 3 is 2.63 bits per heavy atom. The number of benzene rings is 1. The zero-order valence-corrected chi connectivity index (χ0v) is 25.5. The first-order valence-corrected chi connectivity index (χ1v) is 14.8. The summed E-state index contributed by atoms with van der Waals surface area (Å²) in [5.74, 6) is 0.670. The minimum absolute atomic E-state index is 0.0894. The third-order valence-electron chi connectivity index (χ3n) is 8.29. The van der Waals surface area contributed by atoms with E-state index in [9.17, 15) is 4.79 Å². The normalized spacial score (nSPS) is 21.3. The van der Waals surface area contributed by atoms with Crippen LogP contribution in [0.3, 0.4) is 0 Å². The molecule has 1 aliphatic carbocycles. The summed E-state index contributed by atoms with van der Waals surface area (Å²) in [6, 6.07) is 5.75. The van der Waals surface area contributed by atoms with Crippen molar-refractivity contribution < 1.29 is 9.53 Å². The zero-order chi connectivity index (χ0) is 29.3. The minimum Gasteiger partial charge on any atom is -0.463 e. The van der Waals surface area contributed by atoms with Crippen LogP contribution >= 0.6 is 23.2 Å². The van der Waals surface area contributed by atoms with Gasteiger partial charge in [0.25, 0.3) is 0 Å². The van der Waals surface area contributed by atoms with Crippen LogP contribution in [0.1, 0.15) is 31.0 Å². The first-order chi connectivity index (χ1) is 19.6. The number of piperazine rings is 1. The Hall–Kier alpha value is -3.06. The number of anilines is 2. The number of fused-ring (bicyclic) bond motifs is 1. The van der Waals surface area contributed by atoms with Crippen LogP contribution in [-0.4, -0.2) is 91.2 Å². The Kier molecular flexibility index (Phi) is 8.65. The highest BCUT2D eigenvalue weighted by atomic mass is 35.5. The summed E-state index contributed by atoms with van der Waals surface area (Å²) in [7, 11) is 4.17. The summed E-state index contributed by atoms with van der Waals surface area (Å²) in [4.78, 5) is 34.4. The van der Waals surface area contributed by atoms with Crippen LogP contribution < -0.4 is 14.5 Å². The van der Waals surface area contributed by atoms with E-state index < -0.39 is 0 Å². The number of para-hydroxylation sites is 1. The quantitative estimate of drug-likeness (QED) is 0.309. The number of halogens is 2. The van der Waals surface area contributed by atoms with Crippen molar-refractivity contribution in [3.63, 3.8) is 0 Å². The van der Waals surface area contributed by atoms with Gasteiger partial charge in [-0.15, -0.1) is 0 Å². The van der Waals surface area contributed by atoms with Gasteiger partial charge in [-0.05, 0) is 58.5 Å². The van der Waals surface area contributed by atoms with Crippen molar-refractivity contribution in [1.29, 1.82) is 0 Å². The van der Waals surface area contributed by atoms with Crippen molar-refractivity contribution in [3.8, 4) is 6.01 Å². The van der Waals surface area contributed by atoms with Crippen molar-refractivity contribution in [2.24, 2.45) is 5.41 Å². The molecular weight excluding hydrogens is 561 g/mol. The fraction of sp³-hybridized carbons (Fsp3) is 0.533. The Bertz CT molecular complexity index is 1340. The Balaban J connectivity index is 1.50. The van der Waals surface area contributed by atoms with E-state index in [-0.39, 0.29) is 30.0 Å². The number of carbonyl (C=O) groups excluding carboxylic acids is 1. The van der Waals surface area contributed by atoms with Crippen molar-refractivity contribution >= 4 is 40.6 Å². The maximum Gasteiger partial charge on any atom is 0.318 e.